The Morgan fingerprint density at radius 2 is 2.03 bits per heavy atom. The third-order valence-corrected chi connectivity index (χ3v) is 5.34. The largest absolute Gasteiger partial charge is 0.472 e. The molecule has 31 heavy (non-hydrogen) atoms. The smallest absolute Gasteiger partial charge is 0.255 e. The minimum absolute atomic E-state index is 0.0884. The van der Waals surface area contributed by atoms with Crippen molar-refractivity contribution in [3.8, 4) is 28.5 Å². The maximum absolute atomic E-state index is 13.5. The molecule has 4 aromatic rings. The maximum Gasteiger partial charge on any atom is 0.255 e. The number of benzene rings is 1. The topological polar surface area (TPSA) is 92.5 Å². The summed E-state index contributed by atoms with van der Waals surface area (Å²) in [6.07, 6.45) is 8.34. The summed E-state index contributed by atoms with van der Waals surface area (Å²) >= 11 is 0. The average molecular weight is 418 g/mol. The number of aromatic nitrogens is 6. The summed E-state index contributed by atoms with van der Waals surface area (Å²) in [5.74, 6) is 1.83. The van der Waals surface area contributed by atoms with Gasteiger partial charge in [-0.2, -0.15) is 0 Å². The summed E-state index contributed by atoms with van der Waals surface area (Å²) in [6.45, 7) is 0.452. The number of nitrogens with one attached hydrogen (secondary N) is 2. The van der Waals surface area contributed by atoms with E-state index in [1.807, 2.05) is 6.07 Å². The van der Waals surface area contributed by atoms with E-state index in [9.17, 15) is 4.39 Å². The summed E-state index contributed by atoms with van der Waals surface area (Å²) in [5.41, 5.74) is 3.47. The lowest BCUT2D eigenvalue weighted by Crippen LogP contribution is -2.41. The molecule has 8 nitrogen and oxygen atoms in total. The molecular weight excluding hydrogens is 397 g/mol. The van der Waals surface area contributed by atoms with E-state index in [0.29, 0.717) is 18.4 Å². The summed E-state index contributed by atoms with van der Waals surface area (Å²) in [4.78, 5) is 20.7. The molecule has 0 radical (unpaired) electrons. The molecule has 2 N–H and O–H groups in total. The second kappa shape index (κ2) is 8.10. The number of H-pyrrole nitrogens is 1. The molecular formula is C22H21FN7O+. The third kappa shape index (κ3) is 3.70. The van der Waals surface area contributed by atoms with E-state index in [4.69, 9.17) is 4.74 Å². The van der Waals surface area contributed by atoms with Gasteiger partial charge in [0.25, 0.3) is 5.82 Å². The van der Waals surface area contributed by atoms with Crippen molar-refractivity contribution < 1.29 is 13.7 Å². The van der Waals surface area contributed by atoms with Crippen molar-refractivity contribution in [1.29, 1.82) is 0 Å². The van der Waals surface area contributed by atoms with Crippen LogP contribution in [0.1, 0.15) is 18.3 Å². The second-order valence-electron chi connectivity index (χ2n) is 7.23. The Morgan fingerprint density at radius 3 is 2.81 bits per heavy atom. The summed E-state index contributed by atoms with van der Waals surface area (Å²) < 4.78 is 21.7. The van der Waals surface area contributed by atoms with Gasteiger partial charge >= 0.3 is 0 Å². The van der Waals surface area contributed by atoms with E-state index in [1.54, 1.807) is 44.0 Å². The fraction of sp³-hybridized carbons (Fsp3) is 0.227. The SMILES string of the molecule is CNc1nccc(-c2c(-c3ccc(F)cc3)[nH]c3[n+]2C(COc2cnccn2)CC3)n1. The van der Waals surface area contributed by atoms with Gasteiger partial charge in [-0.15, -0.1) is 0 Å². The molecule has 0 fully saturated rings. The maximum atomic E-state index is 13.5. The van der Waals surface area contributed by atoms with Crippen LogP contribution in [0.2, 0.25) is 0 Å². The quantitative estimate of drug-likeness (QED) is 0.468. The van der Waals surface area contributed by atoms with Crippen LogP contribution in [0.5, 0.6) is 5.88 Å². The Hall–Kier alpha value is -3.88. The van der Waals surface area contributed by atoms with Crippen LogP contribution in [0.15, 0.2) is 55.1 Å². The summed E-state index contributed by atoms with van der Waals surface area (Å²) in [5, 5.41) is 2.99. The first-order valence-electron chi connectivity index (χ1n) is 10.0. The molecule has 1 aliphatic heterocycles. The van der Waals surface area contributed by atoms with Gasteiger partial charge in [0.05, 0.1) is 12.6 Å². The summed E-state index contributed by atoms with van der Waals surface area (Å²) in [7, 11) is 1.78. The van der Waals surface area contributed by atoms with Crippen LogP contribution in [-0.2, 0) is 6.42 Å². The van der Waals surface area contributed by atoms with E-state index < -0.39 is 0 Å². The number of anilines is 1. The van der Waals surface area contributed by atoms with E-state index in [2.05, 4.69) is 34.8 Å². The van der Waals surface area contributed by atoms with Gasteiger partial charge in [0, 0.05) is 37.6 Å². The van der Waals surface area contributed by atoms with Crippen molar-refractivity contribution in [2.75, 3.05) is 19.0 Å². The highest BCUT2D eigenvalue weighted by molar-refractivity contribution is 5.74. The van der Waals surface area contributed by atoms with Crippen LogP contribution in [0.3, 0.4) is 0 Å². The molecule has 0 saturated heterocycles. The van der Waals surface area contributed by atoms with Gasteiger partial charge in [-0.25, -0.2) is 28.9 Å². The number of hydrogen-bond donors (Lipinski definition) is 2. The van der Waals surface area contributed by atoms with Crippen molar-refractivity contribution >= 4 is 5.95 Å². The van der Waals surface area contributed by atoms with Crippen molar-refractivity contribution in [2.24, 2.45) is 0 Å². The number of nitrogens with zero attached hydrogens (tertiary/aromatic N) is 5. The molecule has 1 unspecified atom stereocenters. The van der Waals surface area contributed by atoms with Gasteiger partial charge in [-0.05, 0) is 30.3 Å². The van der Waals surface area contributed by atoms with Crippen molar-refractivity contribution in [2.45, 2.75) is 18.9 Å². The Balaban J connectivity index is 1.58. The lowest BCUT2D eigenvalue weighted by atomic mass is 10.1. The second-order valence-corrected chi connectivity index (χ2v) is 7.23. The van der Waals surface area contributed by atoms with Gasteiger partial charge < -0.3 is 10.1 Å². The van der Waals surface area contributed by atoms with Gasteiger partial charge in [0.1, 0.15) is 24.2 Å². The average Bonchev–Trinajstić information content (AvgIpc) is 3.38. The molecule has 0 aliphatic carbocycles. The minimum Gasteiger partial charge on any atom is -0.472 e. The van der Waals surface area contributed by atoms with Crippen LogP contribution in [0.25, 0.3) is 22.6 Å². The third-order valence-electron chi connectivity index (χ3n) is 5.34. The highest BCUT2D eigenvalue weighted by Crippen LogP contribution is 2.33. The fourth-order valence-electron chi connectivity index (χ4n) is 3.92. The van der Waals surface area contributed by atoms with Crippen LogP contribution >= 0.6 is 0 Å². The highest BCUT2D eigenvalue weighted by Gasteiger charge is 2.38. The lowest BCUT2D eigenvalue weighted by molar-refractivity contribution is -0.705. The highest BCUT2D eigenvalue weighted by atomic mass is 19.1. The van der Waals surface area contributed by atoms with Crippen molar-refractivity contribution in [1.82, 2.24) is 24.9 Å². The van der Waals surface area contributed by atoms with Crippen LogP contribution in [0.4, 0.5) is 10.3 Å². The first-order valence-corrected chi connectivity index (χ1v) is 10.0. The predicted octanol–water partition coefficient (Wildman–Crippen LogP) is 2.96. The van der Waals surface area contributed by atoms with Crippen molar-refractivity contribution in [3.63, 3.8) is 0 Å². The van der Waals surface area contributed by atoms with Gasteiger partial charge in [-0.1, -0.05) is 0 Å². The normalized spacial score (nSPS) is 15.0. The van der Waals surface area contributed by atoms with Crippen LogP contribution in [0, 0.1) is 5.82 Å². The number of aromatic amines is 1. The van der Waals surface area contributed by atoms with E-state index in [-0.39, 0.29) is 11.9 Å². The molecule has 9 heteroatoms. The zero-order valence-electron chi connectivity index (χ0n) is 16.9. The van der Waals surface area contributed by atoms with E-state index >= 15 is 0 Å². The molecule has 0 amide bonds. The first kappa shape index (κ1) is 19.1. The number of imidazole rings is 1. The Bertz CT molecular complexity index is 1190. The number of fused-ring (bicyclic) bond motifs is 1. The number of hydrogen-bond acceptors (Lipinski definition) is 6. The van der Waals surface area contributed by atoms with Gasteiger partial charge in [0.15, 0.2) is 5.69 Å². The summed E-state index contributed by atoms with van der Waals surface area (Å²) in [6, 6.07) is 8.43. The van der Waals surface area contributed by atoms with Gasteiger partial charge in [-0.3, -0.25) is 4.98 Å². The predicted molar refractivity (Wildman–Crippen MR) is 112 cm³/mol. The molecule has 156 valence electrons. The molecule has 0 saturated carbocycles. The Kier molecular flexibility index (Phi) is 4.99. The van der Waals surface area contributed by atoms with Gasteiger partial charge in [0.2, 0.25) is 17.5 Å². The van der Waals surface area contributed by atoms with Crippen LogP contribution < -0.4 is 14.6 Å². The van der Waals surface area contributed by atoms with Crippen molar-refractivity contribution in [3.05, 3.63) is 66.8 Å². The zero-order valence-corrected chi connectivity index (χ0v) is 16.9. The molecule has 3 aromatic heterocycles. The fourth-order valence-corrected chi connectivity index (χ4v) is 3.92. The number of rotatable bonds is 6. The lowest BCUT2D eigenvalue weighted by Gasteiger charge is -2.12. The molecule has 0 spiro atoms. The minimum atomic E-state index is -0.271. The molecule has 1 atom stereocenters. The number of halogens is 1. The number of aryl methyl sites for hydroxylation is 1. The molecule has 1 aliphatic rings. The molecule has 5 rings (SSSR count). The van der Waals surface area contributed by atoms with E-state index in [1.165, 1.54) is 12.1 Å². The monoisotopic (exact) mass is 418 g/mol. The van der Waals surface area contributed by atoms with E-state index in [0.717, 1.165) is 41.3 Å². The van der Waals surface area contributed by atoms with Crippen LogP contribution in [-0.4, -0.2) is 38.6 Å². The molecule has 0 bridgehead atoms. The Labute approximate surface area is 178 Å². The molecule has 1 aromatic carbocycles. The molecule has 4 heterocycles. The number of ether oxygens (including phenoxy) is 1. The standard InChI is InChI=1S/C22H20FN7O/c1-24-22-27-9-8-17(28-22)21-20(14-2-4-15(23)5-3-14)29-18-7-6-16(30(18)21)13-31-19-12-25-10-11-26-19/h2-5,8-12,16H,6-7,13H2,1H3,(H,24,27,28)/p+1. The Morgan fingerprint density at radius 1 is 1.16 bits per heavy atom. The zero-order chi connectivity index (χ0) is 21.2. The first-order chi connectivity index (χ1) is 15.2.